The maximum Gasteiger partial charge on any atom is 0.249 e. The fourth-order valence-corrected chi connectivity index (χ4v) is 4.73. The zero-order valence-electron chi connectivity index (χ0n) is 17.0. The number of nitrogens with zero attached hydrogens (tertiary/aromatic N) is 2. The van der Waals surface area contributed by atoms with E-state index in [0.717, 1.165) is 43.6 Å². The number of carbonyl (C=O) groups is 1. The van der Waals surface area contributed by atoms with Crippen LogP contribution in [0.5, 0.6) is 5.75 Å². The maximum atomic E-state index is 12.6. The Hall–Kier alpha value is -2.83. The van der Waals surface area contributed by atoms with Gasteiger partial charge < -0.3 is 19.7 Å². The summed E-state index contributed by atoms with van der Waals surface area (Å²) in [7, 11) is 0. The molecule has 2 aliphatic rings. The maximum absolute atomic E-state index is 12.6. The lowest BCUT2D eigenvalue weighted by molar-refractivity contribution is -0.158. The van der Waals surface area contributed by atoms with Gasteiger partial charge in [-0.3, -0.25) is 9.69 Å². The SMILES string of the molecule is O=C1CO[C@H]2CCN(Cc3ccc4[nH]ccc4c3)CC[C@@H]2N1Cc1ccc(O)cc1. The van der Waals surface area contributed by atoms with Gasteiger partial charge in [-0.1, -0.05) is 18.2 Å². The van der Waals surface area contributed by atoms with Gasteiger partial charge in [0.05, 0.1) is 12.1 Å². The first-order valence-corrected chi connectivity index (χ1v) is 10.6. The number of ether oxygens (including phenoxy) is 1. The van der Waals surface area contributed by atoms with Crippen molar-refractivity contribution in [2.45, 2.75) is 38.1 Å². The molecule has 0 bridgehead atoms. The lowest BCUT2D eigenvalue weighted by atomic mass is 10.0. The van der Waals surface area contributed by atoms with Gasteiger partial charge in [0.15, 0.2) is 0 Å². The van der Waals surface area contributed by atoms with E-state index >= 15 is 0 Å². The van der Waals surface area contributed by atoms with Crippen LogP contribution in [0.4, 0.5) is 0 Å². The van der Waals surface area contributed by atoms with Gasteiger partial charge in [-0.15, -0.1) is 0 Å². The summed E-state index contributed by atoms with van der Waals surface area (Å²) in [5.74, 6) is 0.295. The zero-order chi connectivity index (χ0) is 20.5. The molecule has 2 N–H and O–H groups in total. The standard InChI is InChI=1S/C24H27N3O3/c28-20-4-1-17(2-5-20)15-27-22-8-11-26(12-9-23(22)30-16-24(27)29)14-18-3-6-21-19(13-18)7-10-25-21/h1-7,10,13,22-23,25,28H,8-9,11-12,14-16H2/t22-,23-/m0/s1. The molecule has 156 valence electrons. The molecule has 3 aromatic rings. The van der Waals surface area contributed by atoms with Crippen LogP contribution in [-0.2, 0) is 22.6 Å². The molecule has 0 aliphatic carbocycles. The summed E-state index contributed by atoms with van der Waals surface area (Å²) in [5.41, 5.74) is 3.50. The molecule has 2 fully saturated rings. The molecule has 6 nitrogen and oxygen atoms in total. The van der Waals surface area contributed by atoms with Crippen LogP contribution < -0.4 is 0 Å². The van der Waals surface area contributed by atoms with E-state index in [9.17, 15) is 9.90 Å². The van der Waals surface area contributed by atoms with Crippen LogP contribution in [-0.4, -0.2) is 57.6 Å². The molecular weight excluding hydrogens is 378 g/mol. The van der Waals surface area contributed by atoms with Crippen LogP contribution in [0, 0.1) is 0 Å². The van der Waals surface area contributed by atoms with Crippen LogP contribution >= 0.6 is 0 Å². The summed E-state index contributed by atoms with van der Waals surface area (Å²) >= 11 is 0. The van der Waals surface area contributed by atoms with E-state index in [1.807, 2.05) is 23.2 Å². The Morgan fingerprint density at radius 1 is 1.00 bits per heavy atom. The average molecular weight is 405 g/mol. The van der Waals surface area contributed by atoms with Crippen molar-refractivity contribution in [1.29, 1.82) is 0 Å². The van der Waals surface area contributed by atoms with Gasteiger partial charge in [-0.05, 0) is 59.7 Å². The number of aromatic hydroxyl groups is 1. The van der Waals surface area contributed by atoms with E-state index in [4.69, 9.17) is 4.74 Å². The largest absolute Gasteiger partial charge is 0.508 e. The number of nitrogens with one attached hydrogen (secondary N) is 1. The second kappa shape index (κ2) is 8.13. The predicted octanol–water partition coefficient (Wildman–Crippen LogP) is 3.27. The highest BCUT2D eigenvalue weighted by atomic mass is 16.5. The summed E-state index contributed by atoms with van der Waals surface area (Å²) < 4.78 is 5.94. The average Bonchev–Trinajstić information content (AvgIpc) is 3.12. The van der Waals surface area contributed by atoms with Crippen molar-refractivity contribution in [3.8, 4) is 5.75 Å². The first-order chi connectivity index (χ1) is 14.7. The number of phenols is 1. The molecule has 3 heterocycles. The number of amides is 1. The fraction of sp³-hybridized carbons (Fsp3) is 0.375. The number of H-pyrrole nitrogens is 1. The number of aromatic nitrogens is 1. The molecule has 1 amide bonds. The van der Waals surface area contributed by atoms with Crippen molar-refractivity contribution in [2.24, 2.45) is 0 Å². The highest BCUT2D eigenvalue weighted by Crippen LogP contribution is 2.27. The van der Waals surface area contributed by atoms with E-state index in [1.54, 1.807) is 12.1 Å². The van der Waals surface area contributed by atoms with Gasteiger partial charge in [0.2, 0.25) is 5.91 Å². The summed E-state index contributed by atoms with van der Waals surface area (Å²) in [4.78, 5) is 20.3. The first kappa shape index (κ1) is 19.2. The third-order valence-corrected chi connectivity index (χ3v) is 6.35. The van der Waals surface area contributed by atoms with Gasteiger partial charge in [0.25, 0.3) is 0 Å². The van der Waals surface area contributed by atoms with Gasteiger partial charge in [0.1, 0.15) is 12.4 Å². The Morgan fingerprint density at radius 3 is 2.67 bits per heavy atom. The molecular formula is C24H27N3O3. The summed E-state index contributed by atoms with van der Waals surface area (Å²) in [5, 5.41) is 10.8. The minimum Gasteiger partial charge on any atom is -0.508 e. The number of rotatable bonds is 4. The van der Waals surface area contributed by atoms with Crippen LogP contribution in [0.1, 0.15) is 24.0 Å². The van der Waals surface area contributed by atoms with Crippen LogP contribution in [0.2, 0.25) is 0 Å². The second-order valence-corrected chi connectivity index (χ2v) is 8.36. The molecule has 2 aromatic carbocycles. The summed E-state index contributed by atoms with van der Waals surface area (Å²) in [6, 6.07) is 15.9. The fourth-order valence-electron chi connectivity index (χ4n) is 4.73. The highest BCUT2D eigenvalue weighted by Gasteiger charge is 2.38. The second-order valence-electron chi connectivity index (χ2n) is 8.36. The molecule has 0 spiro atoms. The van der Waals surface area contributed by atoms with Gasteiger partial charge in [-0.2, -0.15) is 0 Å². The van der Waals surface area contributed by atoms with E-state index in [0.29, 0.717) is 6.54 Å². The molecule has 6 heteroatoms. The zero-order valence-corrected chi connectivity index (χ0v) is 17.0. The van der Waals surface area contributed by atoms with Gasteiger partial charge >= 0.3 is 0 Å². The molecule has 0 radical (unpaired) electrons. The van der Waals surface area contributed by atoms with Crippen molar-refractivity contribution in [1.82, 2.24) is 14.8 Å². The van der Waals surface area contributed by atoms with Crippen molar-refractivity contribution in [2.75, 3.05) is 19.7 Å². The lowest BCUT2D eigenvalue weighted by Crippen LogP contribution is -2.53. The first-order valence-electron chi connectivity index (χ1n) is 10.6. The van der Waals surface area contributed by atoms with Crippen LogP contribution in [0.3, 0.4) is 0 Å². The Balaban J connectivity index is 1.28. The minimum atomic E-state index is 0.0516. The molecule has 2 aliphatic heterocycles. The van der Waals surface area contributed by atoms with Crippen LogP contribution in [0.25, 0.3) is 10.9 Å². The molecule has 1 aromatic heterocycles. The number of carbonyl (C=O) groups excluding carboxylic acids is 1. The Bertz CT molecular complexity index is 1030. The third kappa shape index (κ3) is 3.93. The summed E-state index contributed by atoms with van der Waals surface area (Å²) in [6.45, 7) is 3.53. The van der Waals surface area contributed by atoms with Crippen molar-refractivity contribution in [3.05, 3.63) is 65.9 Å². The van der Waals surface area contributed by atoms with Crippen molar-refractivity contribution in [3.63, 3.8) is 0 Å². The molecule has 2 atom stereocenters. The van der Waals surface area contributed by atoms with Crippen molar-refractivity contribution < 1.29 is 14.6 Å². The Morgan fingerprint density at radius 2 is 1.80 bits per heavy atom. The normalized spacial score (nSPS) is 22.8. The number of phenolic OH excluding ortho intramolecular Hbond substituents is 1. The monoisotopic (exact) mass is 405 g/mol. The molecule has 0 unspecified atom stereocenters. The van der Waals surface area contributed by atoms with E-state index in [-0.39, 0.29) is 30.4 Å². The van der Waals surface area contributed by atoms with Gasteiger partial charge in [0, 0.05) is 37.9 Å². The molecule has 0 saturated carbocycles. The van der Waals surface area contributed by atoms with Gasteiger partial charge in [-0.25, -0.2) is 0 Å². The number of fused-ring (bicyclic) bond motifs is 2. The van der Waals surface area contributed by atoms with Crippen molar-refractivity contribution >= 4 is 16.8 Å². The summed E-state index contributed by atoms with van der Waals surface area (Å²) in [6.07, 6.45) is 3.89. The highest BCUT2D eigenvalue weighted by molar-refractivity contribution is 5.80. The Kier molecular flexibility index (Phi) is 5.19. The number of hydrogen-bond donors (Lipinski definition) is 2. The minimum absolute atomic E-state index is 0.0516. The smallest absolute Gasteiger partial charge is 0.249 e. The molecule has 30 heavy (non-hydrogen) atoms. The molecule has 2 saturated heterocycles. The predicted molar refractivity (Wildman–Crippen MR) is 115 cm³/mol. The number of likely N-dealkylation sites (tertiary alicyclic amines) is 1. The molecule has 5 rings (SSSR count). The number of morpholine rings is 1. The Labute approximate surface area is 176 Å². The van der Waals surface area contributed by atoms with E-state index < -0.39 is 0 Å². The van der Waals surface area contributed by atoms with E-state index in [2.05, 4.69) is 34.1 Å². The van der Waals surface area contributed by atoms with Crippen LogP contribution in [0.15, 0.2) is 54.7 Å². The quantitative estimate of drug-likeness (QED) is 0.699. The van der Waals surface area contributed by atoms with E-state index in [1.165, 1.54) is 10.9 Å². The topological polar surface area (TPSA) is 68.8 Å². The third-order valence-electron chi connectivity index (χ3n) is 6.35. The lowest BCUT2D eigenvalue weighted by Gasteiger charge is -2.40. The number of hydrogen-bond acceptors (Lipinski definition) is 4. The number of aromatic amines is 1. The number of benzene rings is 2.